The van der Waals surface area contributed by atoms with Gasteiger partial charge >= 0.3 is 0 Å². The molecule has 26 heavy (non-hydrogen) atoms. The highest BCUT2D eigenvalue weighted by Crippen LogP contribution is 2.36. The molecule has 0 aliphatic carbocycles. The molecule has 2 aromatic rings. The Kier molecular flexibility index (Phi) is 4.57. The molecule has 1 fully saturated rings. The molecule has 0 spiro atoms. The van der Waals surface area contributed by atoms with E-state index in [0.29, 0.717) is 23.8 Å². The van der Waals surface area contributed by atoms with Crippen LogP contribution in [-0.4, -0.2) is 39.3 Å². The Bertz CT molecular complexity index is 889. The second kappa shape index (κ2) is 7.02. The molecule has 1 N–H and O–H groups in total. The number of hydrogen-bond acceptors (Lipinski definition) is 4. The lowest BCUT2D eigenvalue weighted by Gasteiger charge is -2.30. The molecule has 2 aliphatic rings. The van der Waals surface area contributed by atoms with E-state index in [2.05, 4.69) is 10.2 Å². The van der Waals surface area contributed by atoms with Crippen LogP contribution in [0.5, 0.6) is 5.75 Å². The highest BCUT2D eigenvalue weighted by atomic mass is 35.5. The molecule has 2 aliphatic heterocycles. The number of nitrogens with one attached hydrogen (secondary N) is 1. The zero-order valence-corrected chi connectivity index (χ0v) is 15.2. The Morgan fingerprint density at radius 2 is 2.00 bits per heavy atom. The zero-order chi connectivity index (χ0) is 18.1. The molecule has 0 saturated carbocycles. The SMILES string of the molecule is COc1cc(/C=C2/C(=O)Nc3ccc(Cl)cc32)ccc1N1CCOCC1. The summed E-state index contributed by atoms with van der Waals surface area (Å²) in [5.41, 5.74) is 4.14. The highest BCUT2D eigenvalue weighted by Gasteiger charge is 2.24. The van der Waals surface area contributed by atoms with Gasteiger partial charge in [-0.3, -0.25) is 4.79 Å². The third kappa shape index (κ3) is 3.16. The number of carbonyl (C=O) groups excluding carboxylic acids is 1. The average molecular weight is 371 g/mol. The van der Waals surface area contributed by atoms with Crippen molar-refractivity contribution in [2.45, 2.75) is 0 Å². The lowest BCUT2D eigenvalue weighted by atomic mass is 10.0. The van der Waals surface area contributed by atoms with Gasteiger partial charge in [-0.05, 0) is 42.0 Å². The van der Waals surface area contributed by atoms with Gasteiger partial charge in [0, 0.05) is 34.9 Å². The van der Waals surface area contributed by atoms with Gasteiger partial charge in [-0.1, -0.05) is 17.7 Å². The van der Waals surface area contributed by atoms with E-state index in [-0.39, 0.29) is 5.91 Å². The number of carbonyl (C=O) groups is 1. The number of anilines is 2. The van der Waals surface area contributed by atoms with Crippen LogP contribution in [0.2, 0.25) is 5.02 Å². The van der Waals surface area contributed by atoms with Crippen LogP contribution in [0.15, 0.2) is 36.4 Å². The normalized spacial score (nSPS) is 18.0. The number of rotatable bonds is 3. The second-order valence-corrected chi connectivity index (χ2v) is 6.67. The molecule has 0 unspecified atom stereocenters. The summed E-state index contributed by atoms with van der Waals surface area (Å²) in [6, 6.07) is 11.4. The highest BCUT2D eigenvalue weighted by molar-refractivity contribution is 6.36. The number of morpholine rings is 1. The van der Waals surface area contributed by atoms with E-state index in [1.165, 1.54) is 0 Å². The molecular formula is C20H19ClN2O3. The standard InChI is InChI=1S/C20H19ClN2O3/c1-25-19-11-13(2-5-18(19)23-6-8-26-9-7-23)10-16-15-12-14(21)3-4-17(15)22-20(16)24/h2-5,10-12H,6-9H2,1H3,(H,22,24)/b16-10+. The van der Waals surface area contributed by atoms with E-state index in [9.17, 15) is 4.79 Å². The van der Waals surface area contributed by atoms with Crippen LogP contribution < -0.4 is 15.0 Å². The molecule has 1 amide bonds. The topological polar surface area (TPSA) is 50.8 Å². The van der Waals surface area contributed by atoms with Gasteiger partial charge in [0.1, 0.15) is 5.75 Å². The van der Waals surface area contributed by atoms with Crippen LogP contribution in [0.25, 0.3) is 11.6 Å². The molecule has 4 rings (SSSR count). The molecule has 0 atom stereocenters. The lowest BCUT2D eigenvalue weighted by Crippen LogP contribution is -2.36. The summed E-state index contributed by atoms with van der Waals surface area (Å²) in [7, 11) is 1.66. The molecule has 1 saturated heterocycles. The smallest absolute Gasteiger partial charge is 0.256 e. The predicted molar refractivity (Wildman–Crippen MR) is 104 cm³/mol. The number of benzene rings is 2. The number of fused-ring (bicyclic) bond motifs is 1. The largest absolute Gasteiger partial charge is 0.495 e. The predicted octanol–water partition coefficient (Wildman–Crippen LogP) is 3.68. The van der Waals surface area contributed by atoms with Crippen molar-refractivity contribution in [1.82, 2.24) is 0 Å². The maximum atomic E-state index is 12.3. The Balaban J connectivity index is 1.70. The van der Waals surface area contributed by atoms with Gasteiger partial charge in [-0.15, -0.1) is 0 Å². The van der Waals surface area contributed by atoms with Crippen LogP contribution in [-0.2, 0) is 9.53 Å². The number of amides is 1. The van der Waals surface area contributed by atoms with Gasteiger partial charge in [0.25, 0.3) is 5.91 Å². The van der Waals surface area contributed by atoms with E-state index in [1.807, 2.05) is 30.3 Å². The molecule has 0 radical (unpaired) electrons. The fourth-order valence-corrected chi connectivity index (χ4v) is 3.49. The van der Waals surface area contributed by atoms with Crippen LogP contribution >= 0.6 is 11.6 Å². The minimum atomic E-state index is -0.126. The summed E-state index contributed by atoms with van der Waals surface area (Å²) in [5, 5.41) is 3.47. The fourth-order valence-electron chi connectivity index (χ4n) is 3.32. The average Bonchev–Trinajstić information content (AvgIpc) is 2.97. The first-order valence-corrected chi connectivity index (χ1v) is 8.87. The number of methoxy groups -OCH3 is 1. The van der Waals surface area contributed by atoms with Crippen molar-refractivity contribution >= 4 is 40.5 Å². The van der Waals surface area contributed by atoms with Crippen LogP contribution in [0.3, 0.4) is 0 Å². The quantitative estimate of drug-likeness (QED) is 0.837. The van der Waals surface area contributed by atoms with Crippen LogP contribution in [0.1, 0.15) is 11.1 Å². The molecule has 5 nitrogen and oxygen atoms in total. The van der Waals surface area contributed by atoms with Gasteiger partial charge in [0.15, 0.2) is 0 Å². The molecule has 2 heterocycles. The van der Waals surface area contributed by atoms with Gasteiger partial charge in [0.2, 0.25) is 0 Å². The molecule has 2 aromatic carbocycles. The zero-order valence-electron chi connectivity index (χ0n) is 14.4. The molecule has 0 bridgehead atoms. The first kappa shape index (κ1) is 16.9. The third-order valence-electron chi connectivity index (χ3n) is 4.63. The summed E-state index contributed by atoms with van der Waals surface area (Å²) in [4.78, 5) is 14.6. The van der Waals surface area contributed by atoms with E-state index < -0.39 is 0 Å². The van der Waals surface area contributed by atoms with Gasteiger partial charge in [-0.25, -0.2) is 0 Å². The van der Waals surface area contributed by atoms with Crippen molar-refractivity contribution < 1.29 is 14.3 Å². The van der Waals surface area contributed by atoms with E-state index >= 15 is 0 Å². The van der Waals surface area contributed by atoms with Crippen LogP contribution in [0.4, 0.5) is 11.4 Å². The first-order valence-electron chi connectivity index (χ1n) is 8.49. The number of ether oxygens (including phenoxy) is 2. The minimum absolute atomic E-state index is 0.126. The molecule has 0 aromatic heterocycles. The number of nitrogens with zero attached hydrogens (tertiary/aromatic N) is 1. The summed E-state index contributed by atoms with van der Waals surface area (Å²) >= 11 is 6.09. The Morgan fingerprint density at radius 1 is 1.19 bits per heavy atom. The van der Waals surface area contributed by atoms with Crippen molar-refractivity contribution in [3.63, 3.8) is 0 Å². The van der Waals surface area contributed by atoms with Gasteiger partial charge < -0.3 is 19.7 Å². The summed E-state index contributed by atoms with van der Waals surface area (Å²) < 4.78 is 11.0. The molecular weight excluding hydrogens is 352 g/mol. The maximum Gasteiger partial charge on any atom is 0.256 e. The monoisotopic (exact) mass is 370 g/mol. The van der Waals surface area contributed by atoms with Crippen molar-refractivity contribution in [3.8, 4) is 5.75 Å². The fraction of sp³-hybridized carbons (Fsp3) is 0.250. The van der Waals surface area contributed by atoms with Crippen molar-refractivity contribution in [3.05, 3.63) is 52.5 Å². The van der Waals surface area contributed by atoms with E-state index in [1.54, 1.807) is 19.2 Å². The second-order valence-electron chi connectivity index (χ2n) is 6.23. The van der Waals surface area contributed by atoms with Crippen LogP contribution in [0, 0.1) is 0 Å². The summed E-state index contributed by atoms with van der Waals surface area (Å²) in [6.07, 6.45) is 1.86. The molecule has 6 heteroatoms. The van der Waals surface area contributed by atoms with Gasteiger partial charge in [0.05, 0.1) is 26.0 Å². The van der Waals surface area contributed by atoms with E-state index in [0.717, 1.165) is 41.3 Å². The maximum absolute atomic E-state index is 12.3. The number of hydrogen-bond donors (Lipinski definition) is 1. The Labute approximate surface area is 157 Å². The first-order chi connectivity index (χ1) is 12.7. The number of halogens is 1. The Hall–Kier alpha value is -2.50. The van der Waals surface area contributed by atoms with Crippen molar-refractivity contribution in [1.29, 1.82) is 0 Å². The molecule has 134 valence electrons. The lowest BCUT2D eigenvalue weighted by molar-refractivity contribution is -0.110. The Morgan fingerprint density at radius 3 is 2.77 bits per heavy atom. The minimum Gasteiger partial charge on any atom is -0.495 e. The summed E-state index contributed by atoms with van der Waals surface area (Å²) in [6.45, 7) is 3.11. The third-order valence-corrected chi connectivity index (χ3v) is 4.87. The van der Waals surface area contributed by atoms with Crippen molar-refractivity contribution in [2.24, 2.45) is 0 Å². The van der Waals surface area contributed by atoms with E-state index in [4.69, 9.17) is 21.1 Å². The summed E-state index contributed by atoms with van der Waals surface area (Å²) in [5.74, 6) is 0.657. The van der Waals surface area contributed by atoms with Gasteiger partial charge in [-0.2, -0.15) is 0 Å². The van der Waals surface area contributed by atoms with Crippen molar-refractivity contribution in [2.75, 3.05) is 43.6 Å².